The van der Waals surface area contributed by atoms with E-state index in [9.17, 15) is 5.11 Å². The summed E-state index contributed by atoms with van der Waals surface area (Å²) in [6, 6.07) is 11.1. The normalized spacial score (nSPS) is 11.1. The zero-order valence-electron chi connectivity index (χ0n) is 18.8. The number of hydrogen-bond donors (Lipinski definition) is 4. The number of aromatic hydroxyl groups is 1. The molecule has 0 fully saturated rings. The number of guanidine groups is 1. The van der Waals surface area contributed by atoms with Crippen LogP contribution in [-0.4, -0.2) is 51.0 Å². The average molecular weight is 554 g/mol. The van der Waals surface area contributed by atoms with Gasteiger partial charge in [-0.25, -0.2) is 0 Å². The summed E-state index contributed by atoms with van der Waals surface area (Å²) in [5.41, 5.74) is 2.87. The van der Waals surface area contributed by atoms with Crippen LogP contribution < -0.4 is 24.8 Å². The number of phenols is 1. The van der Waals surface area contributed by atoms with Crippen LogP contribution in [0, 0.1) is 0 Å². The predicted molar refractivity (Wildman–Crippen MR) is 138 cm³/mol. The Kier molecular flexibility index (Phi) is 9.76. The third kappa shape index (κ3) is 6.35. The highest BCUT2D eigenvalue weighted by Crippen LogP contribution is 2.31. The van der Waals surface area contributed by atoms with Gasteiger partial charge < -0.3 is 34.9 Å². The molecule has 8 nitrogen and oxygen atoms in total. The fraction of sp³-hybridized carbons (Fsp3) is 0.348. The number of aromatic amines is 1. The predicted octanol–water partition coefficient (Wildman–Crippen LogP) is 3.82. The number of rotatable bonds is 9. The largest absolute Gasteiger partial charge is 0.508 e. The molecule has 0 amide bonds. The molecule has 4 N–H and O–H groups in total. The van der Waals surface area contributed by atoms with Crippen LogP contribution in [0.3, 0.4) is 0 Å². The van der Waals surface area contributed by atoms with Gasteiger partial charge in [0.2, 0.25) is 0 Å². The summed E-state index contributed by atoms with van der Waals surface area (Å²) in [5.74, 6) is 3.14. The number of phenolic OH excluding ortho intramolecular Hbond substituents is 1. The first-order valence-corrected chi connectivity index (χ1v) is 10.1. The zero-order valence-corrected chi connectivity index (χ0v) is 21.2. The summed E-state index contributed by atoms with van der Waals surface area (Å²) < 4.78 is 16.0. The maximum absolute atomic E-state index is 10.0. The number of nitrogens with zero attached hydrogens (tertiary/aromatic N) is 1. The van der Waals surface area contributed by atoms with Gasteiger partial charge in [-0.05, 0) is 37.1 Å². The van der Waals surface area contributed by atoms with Gasteiger partial charge in [-0.3, -0.25) is 4.99 Å². The van der Waals surface area contributed by atoms with Crippen molar-refractivity contribution in [3.63, 3.8) is 0 Å². The molecule has 0 radical (unpaired) electrons. The Hall–Kier alpha value is -2.82. The number of aromatic nitrogens is 1. The molecule has 9 heteroatoms. The lowest BCUT2D eigenvalue weighted by molar-refractivity contribution is 0.398. The fourth-order valence-corrected chi connectivity index (χ4v) is 3.37. The minimum atomic E-state index is 0. The number of ether oxygens (including phenoxy) is 3. The third-order valence-corrected chi connectivity index (χ3v) is 5.06. The second-order valence-electron chi connectivity index (χ2n) is 7.04. The summed E-state index contributed by atoms with van der Waals surface area (Å²) in [5, 5.41) is 17.6. The minimum absolute atomic E-state index is 0. The van der Waals surface area contributed by atoms with Crippen LogP contribution in [0.5, 0.6) is 23.0 Å². The van der Waals surface area contributed by atoms with E-state index in [1.165, 1.54) is 0 Å². The quantitative estimate of drug-likeness (QED) is 0.139. The van der Waals surface area contributed by atoms with Gasteiger partial charge in [0.05, 0.1) is 26.8 Å². The molecule has 0 spiro atoms. The van der Waals surface area contributed by atoms with Crippen LogP contribution in [0.4, 0.5) is 0 Å². The molecule has 0 aliphatic rings. The molecule has 3 rings (SSSR count). The first-order valence-electron chi connectivity index (χ1n) is 10.1. The molecule has 1 heterocycles. The second-order valence-corrected chi connectivity index (χ2v) is 7.04. The van der Waals surface area contributed by atoms with Crippen LogP contribution in [0.2, 0.25) is 0 Å². The molecule has 32 heavy (non-hydrogen) atoms. The van der Waals surface area contributed by atoms with Crippen molar-refractivity contribution in [1.82, 2.24) is 15.6 Å². The van der Waals surface area contributed by atoms with E-state index in [-0.39, 0.29) is 29.7 Å². The van der Waals surface area contributed by atoms with E-state index in [0.717, 1.165) is 53.0 Å². The minimum Gasteiger partial charge on any atom is -0.508 e. The molecular weight excluding hydrogens is 523 g/mol. The van der Waals surface area contributed by atoms with Gasteiger partial charge in [-0.1, -0.05) is 0 Å². The SMILES string of the molecule is CN=C(NCCCc1cc2c(OC)cc(OC)cc2[nH]1)NCc1cc(OC)ccc1O.I. The molecule has 0 bridgehead atoms. The fourth-order valence-electron chi connectivity index (χ4n) is 3.37. The van der Waals surface area contributed by atoms with Crippen molar-refractivity contribution in [3.05, 3.63) is 47.7 Å². The maximum Gasteiger partial charge on any atom is 0.191 e. The van der Waals surface area contributed by atoms with Crippen molar-refractivity contribution in [2.24, 2.45) is 4.99 Å². The molecular formula is C23H31IN4O4. The topological polar surface area (TPSA) is 100 Å². The van der Waals surface area contributed by atoms with E-state index >= 15 is 0 Å². The molecule has 0 aliphatic carbocycles. The highest BCUT2D eigenvalue weighted by atomic mass is 127. The number of aliphatic imine (C=N–C) groups is 1. The molecule has 0 saturated carbocycles. The van der Waals surface area contributed by atoms with Gasteiger partial charge in [0, 0.05) is 48.9 Å². The zero-order chi connectivity index (χ0) is 22.2. The number of fused-ring (bicyclic) bond motifs is 1. The molecule has 3 aromatic rings. The van der Waals surface area contributed by atoms with Gasteiger partial charge in [0.25, 0.3) is 0 Å². The standard InChI is InChI=1S/C23H30N4O4.HI/c1-24-23(26-14-15-10-17(29-2)7-8-21(15)28)25-9-5-6-16-11-19-20(27-16)12-18(30-3)13-22(19)31-4;/h7-8,10-13,27-28H,5-6,9,14H2,1-4H3,(H2,24,25,26);1H. The van der Waals surface area contributed by atoms with Gasteiger partial charge in [-0.15, -0.1) is 24.0 Å². The Bertz CT molecular complexity index is 1050. The molecule has 0 aliphatic heterocycles. The Labute approximate surface area is 205 Å². The van der Waals surface area contributed by atoms with Gasteiger partial charge in [0.15, 0.2) is 5.96 Å². The van der Waals surface area contributed by atoms with Crippen molar-refractivity contribution >= 4 is 40.8 Å². The Balaban J connectivity index is 0.00000363. The van der Waals surface area contributed by atoms with E-state index in [1.54, 1.807) is 46.6 Å². The van der Waals surface area contributed by atoms with Gasteiger partial charge >= 0.3 is 0 Å². The van der Waals surface area contributed by atoms with Crippen LogP contribution in [0.15, 0.2) is 41.4 Å². The lowest BCUT2D eigenvalue weighted by atomic mass is 10.2. The number of methoxy groups -OCH3 is 3. The third-order valence-electron chi connectivity index (χ3n) is 5.06. The molecule has 174 valence electrons. The maximum atomic E-state index is 10.0. The highest BCUT2D eigenvalue weighted by molar-refractivity contribution is 14.0. The Morgan fingerprint density at radius 2 is 1.78 bits per heavy atom. The van der Waals surface area contributed by atoms with E-state index in [4.69, 9.17) is 14.2 Å². The molecule has 0 unspecified atom stereocenters. The average Bonchev–Trinajstić information content (AvgIpc) is 3.21. The highest BCUT2D eigenvalue weighted by Gasteiger charge is 2.09. The molecule has 0 atom stereocenters. The summed E-state index contributed by atoms with van der Waals surface area (Å²) in [6.07, 6.45) is 1.79. The van der Waals surface area contributed by atoms with Crippen molar-refractivity contribution in [2.45, 2.75) is 19.4 Å². The van der Waals surface area contributed by atoms with Crippen LogP contribution in [-0.2, 0) is 13.0 Å². The first kappa shape index (κ1) is 25.4. The van der Waals surface area contributed by atoms with Crippen molar-refractivity contribution < 1.29 is 19.3 Å². The molecule has 2 aromatic carbocycles. The van der Waals surface area contributed by atoms with E-state index in [1.807, 2.05) is 12.1 Å². The number of benzene rings is 2. The van der Waals surface area contributed by atoms with Crippen molar-refractivity contribution in [3.8, 4) is 23.0 Å². The van der Waals surface area contributed by atoms with Crippen molar-refractivity contribution in [1.29, 1.82) is 0 Å². The summed E-state index contributed by atoms with van der Waals surface area (Å²) in [6.45, 7) is 1.19. The van der Waals surface area contributed by atoms with Crippen LogP contribution >= 0.6 is 24.0 Å². The smallest absolute Gasteiger partial charge is 0.191 e. The molecule has 0 saturated heterocycles. The van der Waals surface area contributed by atoms with Crippen LogP contribution in [0.1, 0.15) is 17.7 Å². The molecule has 1 aromatic heterocycles. The summed E-state index contributed by atoms with van der Waals surface area (Å²) in [7, 11) is 6.63. The summed E-state index contributed by atoms with van der Waals surface area (Å²) in [4.78, 5) is 7.68. The van der Waals surface area contributed by atoms with Crippen molar-refractivity contribution in [2.75, 3.05) is 34.9 Å². The lowest BCUT2D eigenvalue weighted by Crippen LogP contribution is -2.37. The van der Waals surface area contributed by atoms with Gasteiger partial charge in [-0.2, -0.15) is 0 Å². The number of halogens is 1. The summed E-state index contributed by atoms with van der Waals surface area (Å²) >= 11 is 0. The van der Waals surface area contributed by atoms with E-state index in [2.05, 4.69) is 26.7 Å². The number of aryl methyl sites for hydroxylation is 1. The lowest BCUT2D eigenvalue weighted by Gasteiger charge is -2.13. The number of nitrogens with one attached hydrogen (secondary N) is 3. The number of hydrogen-bond acceptors (Lipinski definition) is 5. The second kappa shape index (κ2) is 12.3. The van der Waals surface area contributed by atoms with E-state index < -0.39 is 0 Å². The number of H-pyrrole nitrogens is 1. The Morgan fingerprint density at radius 3 is 2.47 bits per heavy atom. The van der Waals surface area contributed by atoms with Gasteiger partial charge in [0.1, 0.15) is 23.0 Å². The monoisotopic (exact) mass is 554 g/mol. The van der Waals surface area contributed by atoms with Crippen LogP contribution in [0.25, 0.3) is 10.9 Å². The van der Waals surface area contributed by atoms with E-state index in [0.29, 0.717) is 18.3 Å². The Morgan fingerprint density at radius 1 is 1.00 bits per heavy atom. The first-order chi connectivity index (χ1) is 15.1.